The van der Waals surface area contributed by atoms with Crippen molar-refractivity contribution in [2.75, 3.05) is 0 Å². The van der Waals surface area contributed by atoms with Crippen molar-refractivity contribution < 1.29 is 9.90 Å². The summed E-state index contributed by atoms with van der Waals surface area (Å²) in [5.41, 5.74) is 0.798. The molecule has 0 aliphatic heterocycles. The lowest BCUT2D eigenvalue weighted by atomic mass is 10.1. The van der Waals surface area contributed by atoms with Crippen molar-refractivity contribution in [1.82, 2.24) is 15.2 Å². The Balaban J connectivity index is 2.45. The molecule has 0 bridgehead atoms. The van der Waals surface area contributed by atoms with Crippen molar-refractivity contribution in [1.29, 1.82) is 0 Å². The van der Waals surface area contributed by atoms with E-state index in [1.165, 1.54) is 12.1 Å². The fourth-order valence-electron chi connectivity index (χ4n) is 1.16. The molecule has 6 heteroatoms. The zero-order chi connectivity index (χ0) is 10.8. The second-order valence-corrected chi connectivity index (χ2v) is 3.19. The van der Waals surface area contributed by atoms with Crippen LogP contribution >= 0.6 is 11.6 Å². The Morgan fingerprint density at radius 2 is 2.27 bits per heavy atom. The van der Waals surface area contributed by atoms with Crippen LogP contribution in [0.5, 0.6) is 0 Å². The second-order valence-electron chi connectivity index (χ2n) is 2.84. The first-order valence-corrected chi connectivity index (χ1v) is 4.46. The van der Waals surface area contributed by atoms with Gasteiger partial charge < -0.3 is 5.11 Å². The minimum Gasteiger partial charge on any atom is -0.478 e. The van der Waals surface area contributed by atoms with Crippen LogP contribution in [0.1, 0.15) is 10.4 Å². The molecule has 0 amide bonds. The Morgan fingerprint density at radius 1 is 1.47 bits per heavy atom. The average Bonchev–Trinajstić information content (AvgIpc) is 2.65. The summed E-state index contributed by atoms with van der Waals surface area (Å²) in [7, 11) is 0. The number of aromatic nitrogens is 3. The largest absolute Gasteiger partial charge is 0.478 e. The Morgan fingerprint density at radius 3 is 2.87 bits per heavy atom. The Kier molecular flexibility index (Phi) is 2.39. The van der Waals surface area contributed by atoms with Crippen molar-refractivity contribution in [3.05, 3.63) is 35.1 Å². The summed E-state index contributed by atoms with van der Waals surface area (Å²) in [5.74, 6) is -0.610. The Hall–Kier alpha value is -1.88. The predicted octanol–water partition coefficient (Wildman–Crippen LogP) is 1.82. The van der Waals surface area contributed by atoms with E-state index < -0.39 is 5.97 Å². The number of aromatic amines is 1. The van der Waals surface area contributed by atoms with E-state index in [0.29, 0.717) is 11.4 Å². The predicted molar refractivity (Wildman–Crippen MR) is 53.8 cm³/mol. The molecule has 0 spiro atoms. The smallest absolute Gasteiger partial charge is 0.335 e. The highest BCUT2D eigenvalue weighted by atomic mass is 35.5. The van der Waals surface area contributed by atoms with Crippen LogP contribution in [0.4, 0.5) is 0 Å². The molecule has 76 valence electrons. The van der Waals surface area contributed by atoms with Gasteiger partial charge in [-0.3, -0.25) is 0 Å². The SMILES string of the molecule is O=C(O)c1cccc(-c2n[nH]c(Cl)n2)c1. The highest BCUT2D eigenvalue weighted by Gasteiger charge is 2.07. The van der Waals surface area contributed by atoms with E-state index in [1.807, 2.05) is 0 Å². The standard InChI is InChI=1S/C9H6ClN3O2/c10-9-11-7(12-13-9)5-2-1-3-6(4-5)8(14)15/h1-4H,(H,14,15)(H,11,12,13). The van der Waals surface area contributed by atoms with Crippen LogP contribution in [-0.2, 0) is 0 Å². The van der Waals surface area contributed by atoms with E-state index in [0.717, 1.165) is 0 Å². The molecule has 1 heterocycles. The maximum absolute atomic E-state index is 10.7. The van der Waals surface area contributed by atoms with Gasteiger partial charge in [0.15, 0.2) is 5.82 Å². The van der Waals surface area contributed by atoms with E-state index >= 15 is 0 Å². The van der Waals surface area contributed by atoms with Gasteiger partial charge in [-0.1, -0.05) is 12.1 Å². The number of carbonyl (C=O) groups is 1. The van der Waals surface area contributed by atoms with Crippen LogP contribution in [0.15, 0.2) is 24.3 Å². The molecular weight excluding hydrogens is 218 g/mol. The molecule has 0 saturated carbocycles. The molecule has 15 heavy (non-hydrogen) atoms. The second kappa shape index (κ2) is 3.70. The molecular formula is C9H6ClN3O2. The third-order valence-corrected chi connectivity index (χ3v) is 1.99. The van der Waals surface area contributed by atoms with Crippen LogP contribution in [0, 0.1) is 0 Å². The average molecular weight is 224 g/mol. The third kappa shape index (κ3) is 1.97. The van der Waals surface area contributed by atoms with Crippen molar-refractivity contribution in [3.63, 3.8) is 0 Å². The first-order chi connectivity index (χ1) is 7.16. The normalized spacial score (nSPS) is 10.2. The van der Waals surface area contributed by atoms with Gasteiger partial charge in [0, 0.05) is 5.56 Å². The minimum atomic E-state index is -0.988. The van der Waals surface area contributed by atoms with E-state index in [-0.39, 0.29) is 10.8 Å². The van der Waals surface area contributed by atoms with E-state index in [9.17, 15) is 4.79 Å². The van der Waals surface area contributed by atoms with Gasteiger partial charge in [0.2, 0.25) is 5.28 Å². The highest BCUT2D eigenvalue weighted by molar-refractivity contribution is 6.28. The zero-order valence-electron chi connectivity index (χ0n) is 7.44. The number of hydrogen-bond donors (Lipinski definition) is 2. The third-order valence-electron chi connectivity index (χ3n) is 1.83. The Bertz CT molecular complexity index is 510. The van der Waals surface area contributed by atoms with Crippen molar-refractivity contribution in [2.45, 2.75) is 0 Å². The van der Waals surface area contributed by atoms with Gasteiger partial charge in [-0.25, -0.2) is 9.89 Å². The molecule has 0 atom stereocenters. The molecule has 5 nitrogen and oxygen atoms in total. The van der Waals surface area contributed by atoms with Gasteiger partial charge >= 0.3 is 5.97 Å². The summed E-state index contributed by atoms with van der Waals surface area (Å²) in [6.45, 7) is 0. The monoisotopic (exact) mass is 223 g/mol. The van der Waals surface area contributed by atoms with E-state index in [1.54, 1.807) is 12.1 Å². The fourth-order valence-corrected chi connectivity index (χ4v) is 1.28. The summed E-state index contributed by atoms with van der Waals surface area (Å²) in [6, 6.07) is 6.33. The van der Waals surface area contributed by atoms with E-state index in [2.05, 4.69) is 15.2 Å². The quantitative estimate of drug-likeness (QED) is 0.814. The maximum Gasteiger partial charge on any atom is 0.335 e. The number of hydrogen-bond acceptors (Lipinski definition) is 3. The topological polar surface area (TPSA) is 78.9 Å². The first kappa shape index (κ1) is 9.67. The molecule has 1 aromatic carbocycles. The molecule has 0 saturated heterocycles. The number of H-pyrrole nitrogens is 1. The van der Waals surface area contributed by atoms with Crippen LogP contribution < -0.4 is 0 Å². The molecule has 0 aliphatic rings. The molecule has 0 aliphatic carbocycles. The van der Waals surface area contributed by atoms with Gasteiger partial charge in [0.25, 0.3) is 0 Å². The summed E-state index contributed by atoms with van der Waals surface area (Å²) in [4.78, 5) is 14.6. The highest BCUT2D eigenvalue weighted by Crippen LogP contribution is 2.17. The first-order valence-electron chi connectivity index (χ1n) is 4.08. The van der Waals surface area contributed by atoms with Crippen molar-refractivity contribution >= 4 is 17.6 Å². The number of halogens is 1. The molecule has 0 radical (unpaired) electrons. The molecule has 2 rings (SSSR count). The van der Waals surface area contributed by atoms with Crippen LogP contribution in [0.25, 0.3) is 11.4 Å². The van der Waals surface area contributed by atoms with Crippen LogP contribution in [0.3, 0.4) is 0 Å². The molecule has 0 fully saturated rings. The molecule has 2 N–H and O–H groups in total. The van der Waals surface area contributed by atoms with Crippen LogP contribution in [-0.4, -0.2) is 26.3 Å². The number of nitrogens with zero attached hydrogens (tertiary/aromatic N) is 2. The van der Waals surface area contributed by atoms with Gasteiger partial charge in [-0.05, 0) is 23.7 Å². The number of rotatable bonds is 2. The number of aromatic carboxylic acids is 1. The Labute approximate surface area is 89.7 Å². The minimum absolute atomic E-state index is 0.172. The van der Waals surface area contributed by atoms with Gasteiger partial charge in [-0.2, -0.15) is 10.1 Å². The van der Waals surface area contributed by atoms with Crippen molar-refractivity contribution in [3.8, 4) is 11.4 Å². The van der Waals surface area contributed by atoms with Gasteiger partial charge in [-0.15, -0.1) is 0 Å². The summed E-state index contributed by atoms with van der Waals surface area (Å²) < 4.78 is 0. The number of nitrogens with one attached hydrogen (secondary N) is 1. The summed E-state index contributed by atoms with van der Waals surface area (Å²) in [6.07, 6.45) is 0. The van der Waals surface area contributed by atoms with E-state index in [4.69, 9.17) is 16.7 Å². The zero-order valence-corrected chi connectivity index (χ0v) is 8.19. The number of carboxylic acids is 1. The molecule has 0 unspecified atom stereocenters. The van der Waals surface area contributed by atoms with Crippen molar-refractivity contribution in [2.24, 2.45) is 0 Å². The van der Waals surface area contributed by atoms with Gasteiger partial charge in [0.1, 0.15) is 0 Å². The van der Waals surface area contributed by atoms with Gasteiger partial charge in [0.05, 0.1) is 5.56 Å². The van der Waals surface area contributed by atoms with Crippen LogP contribution in [0.2, 0.25) is 5.28 Å². The number of carboxylic acid groups (broad SMARTS) is 1. The number of benzene rings is 1. The maximum atomic E-state index is 10.7. The molecule has 2 aromatic rings. The molecule has 1 aromatic heterocycles. The fraction of sp³-hybridized carbons (Fsp3) is 0. The summed E-state index contributed by atoms with van der Waals surface area (Å²) >= 11 is 5.57. The lowest BCUT2D eigenvalue weighted by Gasteiger charge is -1.96. The lowest BCUT2D eigenvalue weighted by Crippen LogP contribution is -1.96. The summed E-state index contributed by atoms with van der Waals surface area (Å²) in [5, 5.41) is 15.3. The lowest BCUT2D eigenvalue weighted by molar-refractivity contribution is 0.0697.